The van der Waals surface area contributed by atoms with Crippen molar-refractivity contribution in [1.29, 1.82) is 0 Å². The van der Waals surface area contributed by atoms with Crippen LogP contribution in [0.2, 0.25) is 0 Å². The average Bonchev–Trinajstić information content (AvgIpc) is 2.46. The summed E-state index contributed by atoms with van der Waals surface area (Å²) >= 11 is 0. The van der Waals surface area contributed by atoms with E-state index in [0.29, 0.717) is 11.2 Å². The molecule has 0 saturated carbocycles. The molecular weight excluding hydrogens is 168 g/mol. The number of hydrogen-bond acceptors (Lipinski definition) is 2. The fourth-order valence-corrected chi connectivity index (χ4v) is 1.20. The van der Waals surface area contributed by atoms with Gasteiger partial charge in [0.2, 0.25) is 0 Å². The molecule has 0 spiro atoms. The summed E-state index contributed by atoms with van der Waals surface area (Å²) in [4.78, 5) is 15.0. The summed E-state index contributed by atoms with van der Waals surface area (Å²) in [5.41, 5.74) is 7.12. The van der Waals surface area contributed by atoms with Crippen molar-refractivity contribution in [2.45, 2.75) is 6.92 Å². The monoisotopic (exact) mass is 177 g/mol. The molecule has 2 aromatic heterocycles. The van der Waals surface area contributed by atoms with Gasteiger partial charge in [0, 0.05) is 5.56 Å². The van der Waals surface area contributed by atoms with Gasteiger partial charge in [-0.1, -0.05) is 0 Å². The van der Waals surface area contributed by atoms with Crippen molar-refractivity contribution in [2.75, 3.05) is 0 Å². The van der Waals surface area contributed by atoms with Crippen molar-refractivity contribution >= 4 is 11.6 Å². The Morgan fingerprint density at radius 1 is 1.69 bits per heavy atom. The number of fused-ring (bicyclic) bond motifs is 1. The largest absolute Gasteiger partial charge is 0.365 e. The summed E-state index contributed by atoms with van der Waals surface area (Å²) in [6.45, 7) is 1.92. The van der Waals surface area contributed by atoms with Gasteiger partial charge in [-0.05, 0) is 11.9 Å². The Labute approximate surface area is 74.2 Å². The van der Waals surface area contributed by atoms with Crippen LogP contribution in [0.5, 0.6) is 0 Å². The number of aromatic amines is 1. The van der Waals surface area contributed by atoms with E-state index in [2.05, 4.69) is 10.1 Å². The van der Waals surface area contributed by atoms with Crippen LogP contribution < -0.4 is 10.2 Å². The quantitative estimate of drug-likeness (QED) is 0.579. The molecule has 2 aromatic rings. The second-order valence-corrected chi connectivity index (χ2v) is 2.88. The third-order valence-electron chi connectivity index (χ3n) is 1.81. The molecule has 2 heterocycles. The van der Waals surface area contributed by atoms with Crippen LogP contribution in [0.3, 0.4) is 0 Å². The van der Waals surface area contributed by atoms with Crippen LogP contribution >= 0.6 is 0 Å². The van der Waals surface area contributed by atoms with Gasteiger partial charge in [0.05, 0.1) is 6.20 Å². The Hall–Kier alpha value is -1.91. The van der Waals surface area contributed by atoms with Gasteiger partial charge in [-0.3, -0.25) is 4.79 Å². The molecule has 5 heteroatoms. The predicted molar refractivity (Wildman–Crippen MR) is 45.0 cm³/mol. The van der Waals surface area contributed by atoms with E-state index in [0.717, 1.165) is 5.56 Å². The summed E-state index contributed by atoms with van der Waals surface area (Å²) < 4.78 is 1.66. The lowest BCUT2D eigenvalue weighted by Gasteiger charge is -1.85. The Balaban J connectivity index is 2.76. The maximum Gasteiger partial charge on any atom is 0.360 e. The van der Waals surface area contributed by atoms with Crippen molar-refractivity contribution in [3.8, 4) is 0 Å². The van der Waals surface area contributed by atoms with Gasteiger partial charge in [-0.15, -0.1) is 4.52 Å². The molecule has 5 nitrogen and oxygen atoms in total. The number of aryl methyl sites for hydroxylation is 1. The average molecular weight is 177 g/mol. The SMILES string of the molecule is Cc1cnc2c(C(N)=O)c[nH][n+]2c1. The second-order valence-electron chi connectivity index (χ2n) is 2.88. The number of carbonyl (C=O) groups is 1. The molecular formula is C8H9N4O+. The number of rotatable bonds is 1. The predicted octanol–water partition coefficient (Wildman–Crippen LogP) is -0.444. The van der Waals surface area contributed by atoms with Gasteiger partial charge in [-0.25, -0.2) is 5.10 Å². The zero-order valence-electron chi connectivity index (χ0n) is 7.11. The van der Waals surface area contributed by atoms with E-state index in [1.54, 1.807) is 16.9 Å². The topological polar surface area (TPSA) is 75.9 Å². The first-order valence-electron chi connectivity index (χ1n) is 3.83. The lowest BCUT2D eigenvalue weighted by atomic mass is 10.3. The standard InChI is InChI=1S/C8H8N4O/c1-5-2-10-8-6(7(9)13)3-11-12(8)4-5/h2-4H,1H3,(H2,9,13)/p+1. The van der Waals surface area contributed by atoms with Gasteiger partial charge in [0.25, 0.3) is 5.91 Å². The summed E-state index contributed by atoms with van der Waals surface area (Å²) in [6, 6.07) is 0. The lowest BCUT2D eigenvalue weighted by Crippen LogP contribution is -2.25. The number of primary amides is 1. The number of carbonyl (C=O) groups excluding carboxylic acids is 1. The summed E-state index contributed by atoms with van der Waals surface area (Å²) in [5.74, 6) is -0.477. The molecule has 0 radical (unpaired) electrons. The molecule has 0 aliphatic heterocycles. The van der Waals surface area contributed by atoms with Gasteiger partial charge in [-0.2, -0.15) is 0 Å². The van der Waals surface area contributed by atoms with E-state index in [9.17, 15) is 4.79 Å². The summed E-state index contributed by atoms with van der Waals surface area (Å²) in [6.07, 6.45) is 5.08. The highest BCUT2D eigenvalue weighted by Crippen LogP contribution is 2.01. The molecule has 0 unspecified atom stereocenters. The zero-order chi connectivity index (χ0) is 9.42. The molecule has 0 atom stereocenters. The number of nitrogens with two attached hydrogens (primary N) is 1. The van der Waals surface area contributed by atoms with Crippen LogP contribution in [0.15, 0.2) is 18.6 Å². The van der Waals surface area contributed by atoms with Gasteiger partial charge < -0.3 is 5.73 Å². The van der Waals surface area contributed by atoms with Gasteiger partial charge >= 0.3 is 5.65 Å². The van der Waals surface area contributed by atoms with Crippen molar-refractivity contribution < 1.29 is 9.31 Å². The molecule has 0 fully saturated rings. The zero-order valence-corrected chi connectivity index (χ0v) is 7.11. The van der Waals surface area contributed by atoms with E-state index >= 15 is 0 Å². The molecule has 2 rings (SSSR count). The summed E-state index contributed by atoms with van der Waals surface area (Å²) in [7, 11) is 0. The Morgan fingerprint density at radius 2 is 2.46 bits per heavy atom. The third kappa shape index (κ3) is 1.14. The normalized spacial score (nSPS) is 10.5. The molecule has 0 aliphatic carbocycles. The molecule has 0 bridgehead atoms. The minimum Gasteiger partial charge on any atom is -0.365 e. The molecule has 13 heavy (non-hydrogen) atoms. The Kier molecular flexibility index (Phi) is 1.51. The molecule has 3 N–H and O–H groups in total. The highest BCUT2D eigenvalue weighted by atomic mass is 16.1. The van der Waals surface area contributed by atoms with Gasteiger partial charge in [0.15, 0.2) is 5.56 Å². The first-order chi connectivity index (χ1) is 6.18. The fraction of sp³-hybridized carbons (Fsp3) is 0.125. The van der Waals surface area contributed by atoms with Crippen molar-refractivity contribution in [1.82, 2.24) is 10.1 Å². The first-order valence-corrected chi connectivity index (χ1v) is 3.83. The minimum atomic E-state index is -0.477. The smallest absolute Gasteiger partial charge is 0.360 e. The highest BCUT2D eigenvalue weighted by molar-refractivity contribution is 5.97. The maximum absolute atomic E-state index is 10.9. The van der Waals surface area contributed by atoms with Crippen molar-refractivity contribution in [3.05, 3.63) is 29.7 Å². The van der Waals surface area contributed by atoms with Crippen molar-refractivity contribution in [2.24, 2.45) is 5.73 Å². The number of nitrogens with one attached hydrogen (secondary N) is 1. The number of nitrogens with zero attached hydrogens (tertiary/aromatic N) is 2. The number of aromatic nitrogens is 3. The van der Waals surface area contributed by atoms with E-state index in [4.69, 9.17) is 5.73 Å². The molecule has 0 aliphatic rings. The van der Waals surface area contributed by atoms with E-state index in [1.165, 1.54) is 0 Å². The van der Waals surface area contributed by atoms with E-state index in [1.807, 2.05) is 13.1 Å². The highest BCUT2D eigenvalue weighted by Gasteiger charge is 2.16. The van der Waals surface area contributed by atoms with Crippen LogP contribution in [0.25, 0.3) is 5.65 Å². The molecule has 1 amide bonds. The third-order valence-corrected chi connectivity index (χ3v) is 1.81. The fourth-order valence-electron chi connectivity index (χ4n) is 1.20. The minimum absolute atomic E-state index is 0.403. The van der Waals surface area contributed by atoms with Crippen LogP contribution in [0.4, 0.5) is 0 Å². The van der Waals surface area contributed by atoms with Crippen LogP contribution in [-0.2, 0) is 0 Å². The second kappa shape index (κ2) is 2.55. The Bertz CT molecular complexity index is 474. The molecule has 0 saturated heterocycles. The summed E-state index contributed by atoms with van der Waals surface area (Å²) in [5, 5.41) is 2.86. The van der Waals surface area contributed by atoms with Crippen molar-refractivity contribution in [3.63, 3.8) is 0 Å². The van der Waals surface area contributed by atoms with E-state index < -0.39 is 5.91 Å². The van der Waals surface area contributed by atoms with E-state index in [-0.39, 0.29) is 0 Å². The van der Waals surface area contributed by atoms with Gasteiger partial charge in [0.1, 0.15) is 12.4 Å². The first kappa shape index (κ1) is 7.72. The number of hydrogen-bond donors (Lipinski definition) is 2. The number of amides is 1. The maximum atomic E-state index is 10.9. The lowest BCUT2D eigenvalue weighted by molar-refractivity contribution is -0.579. The Morgan fingerprint density at radius 3 is 3.15 bits per heavy atom. The van der Waals surface area contributed by atoms with Crippen LogP contribution in [-0.4, -0.2) is 16.0 Å². The molecule has 0 aromatic carbocycles. The number of H-pyrrole nitrogens is 1. The van der Waals surface area contributed by atoms with Crippen LogP contribution in [0, 0.1) is 6.92 Å². The van der Waals surface area contributed by atoms with Crippen LogP contribution in [0.1, 0.15) is 15.9 Å². The molecule has 66 valence electrons.